The number of piperazine rings is 1. The third-order valence-electron chi connectivity index (χ3n) is 5.78. The number of carbonyl (C=O) groups excluding carboxylic acids is 2. The topological polar surface area (TPSA) is 43.9 Å². The Kier molecular flexibility index (Phi) is 5.79. The van der Waals surface area contributed by atoms with Gasteiger partial charge >= 0.3 is 0 Å². The standard InChI is InChI=1S/C23H26FN3O2/c24-20-8-10-21(11-9-20)25-14-16-27(17-15-25)23(29)19-6-4-18(5-7-19)22(28)26-12-2-1-3-13-26/h4-11H,1-3,12-17H2. The van der Waals surface area contributed by atoms with Crippen molar-refractivity contribution in [1.29, 1.82) is 0 Å². The number of hydrogen-bond acceptors (Lipinski definition) is 3. The predicted octanol–water partition coefficient (Wildman–Crippen LogP) is 3.41. The first kappa shape index (κ1) is 19.4. The molecular formula is C23H26FN3O2. The van der Waals surface area contributed by atoms with Crippen molar-refractivity contribution in [1.82, 2.24) is 9.80 Å². The van der Waals surface area contributed by atoms with Crippen LogP contribution in [0.2, 0.25) is 0 Å². The molecule has 2 heterocycles. The van der Waals surface area contributed by atoms with Crippen LogP contribution >= 0.6 is 0 Å². The predicted molar refractivity (Wildman–Crippen MR) is 111 cm³/mol. The van der Waals surface area contributed by atoms with Crippen LogP contribution in [0, 0.1) is 5.82 Å². The third kappa shape index (κ3) is 4.42. The lowest BCUT2D eigenvalue weighted by Crippen LogP contribution is -2.48. The number of hydrogen-bond donors (Lipinski definition) is 0. The molecule has 2 aromatic carbocycles. The van der Waals surface area contributed by atoms with E-state index in [-0.39, 0.29) is 17.6 Å². The lowest BCUT2D eigenvalue weighted by atomic mass is 10.1. The largest absolute Gasteiger partial charge is 0.368 e. The van der Waals surface area contributed by atoms with Gasteiger partial charge in [-0.3, -0.25) is 9.59 Å². The van der Waals surface area contributed by atoms with E-state index in [0.29, 0.717) is 37.3 Å². The van der Waals surface area contributed by atoms with Gasteiger partial charge in [0.2, 0.25) is 0 Å². The van der Waals surface area contributed by atoms with Gasteiger partial charge in [0.25, 0.3) is 11.8 Å². The van der Waals surface area contributed by atoms with Gasteiger partial charge in [0, 0.05) is 56.1 Å². The van der Waals surface area contributed by atoms with Crippen LogP contribution in [-0.4, -0.2) is 60.9 Å². The molecule has 5 nitrogen and oxygen atoms in total. The van der Waals surface area contributed by atoms with E-state index in [2.05, 4.69) is 4.90 Å². The highest BCUT2D eigenvalue weighted by Crippen LogP contribution is 2.19. The summed E-state index contributed by atoms with van der Waals surface area (Å²) < 4.78 is 13.1. The van der Waals surface area contributed by atoms with Gasteiger partial charge in [0.15, 0.2) is 0 Å². The lowest BCUT2D eigenvalue weighted by Gasteiger charge is -2.36. The molecule has 0 saturated carbocycles. The third-order valence-corrected chi connectivity index (χ3v) is 5.78. The highest BCUT2D eigenvalue weighted by atomic mass is 19.1. The molecule has 0 aromatic heterocycles. The van der Waals surface area contributed by atoms with Gasteiger partial charge in [-0.15, -0.1) is 0 Å². The zero-order valence-electron chi connectivity index (χ0n) is 16.5. The van der Waals surface area contributed by atoms with Crippen molar-refractivity contribution in [2.75, 3.05) is 44.2 Å². The summed E-state index contributed by atoms with van der Waals surface area (Å²) in [4.78, 5) is 31.3. The second-order valence-electron chi connectivity index (χ2n) is 7.69. The highest BCUT2D eigenvalue weighted by Gasteiger charge is 2.23. The van der Waals surface area contributed by atoms with Crippen molar-refractivity contribution in [3.8, 4) is 0 Å². The number of piperidine rings is 1. The van der Waals surface area contributed by atoms with Crippen LogP contribution in [0.25, 0.3) is 0 Å². The van der Waals surface area contributed by atoms with Gasteiger partial charge in [-0.2, -0.15) is 0 Å². The summed E-state index contributed by atoms with van der Waals surface area (Å²) in [5.74, 6) is -0.206. The van der Waals surface area contributed by atoms with E-state index in [9.17, 15) is 14.0 Å². The molecule has 0 aliphatic carbocycles. The van der Waals surface area contributed by atoms with E-state index in [1.54, 1.807) is 36.4 Å². The number of carbonyl (C=O) groups is 2. The van der Waals surface area contributed by atoms with Gasteiger partial charge in [-0.05, 0) is 67.8 Å². The minimum Gasteiger partial charge on any atom is -0.368 e. The molecule has 0 atom stereocenters. The van der Waals surface area contributed by atoms with Crippen LogP contribution in [0.3, 0.4) is 0 Å². The minimum atomic E-state index is -0.246. The van der Waals surface area contributed by atoms with Crippen molar-refractivity contribution in [3.05, 3.63) is 65.5 Å². The minimum absolute atomic E-state index is 0.0132. The molecule has 152 valence electrons. The summed E-state index contributed by atoms with van der Waals surface area (Å²) in [7, 11) is 0. The van der Waals surface area contributed by atoms with Crippen LogP contribution < -0.4 is 4.90 Å². The lowest BCUT2D eigenvalue weighted by molar-refractivity contribution is 0.0719. The fraction of sp³-hybridized carbons (Fsp3) is 0.391. The Balaban J connectivity index is 1.35. The number of amides is 2. The van der Waals surface area contributed by atoms with Crippen LogP contribution in [0.4, 0.5) is 10.1 Å². The molecule has 0 N–H and O–H groups in total. The van der Waals surface area contributed by atoms with Crippen molar-refractivity contribution < 1.29 is 14.0 Å². The van der Waals surface area contributed by atoms with Gasteiger partial charge < -0.3 is 14.7 Å². The number of likely N-dealkylation sites (tertiary alicyclic amines) is 1. The average Bonchev–Trinajstić information content (AvgIpc) is 2.79. The molecule has 6 heteroatoms. The second kappa shape index (κ2) is 8.64. The van der Waals surface area contributed by atoms with Crippen molar-refractivity contribution in [2.24, 2.45) is 0 Å². The summed E-state index contributed by atoms with van der Waals surface area (Å²) in [5.41, 5.74) is 2.22. The first-order valence-electron chi connectivity index (χ1n) is 10.3. The maximum absolute atomic E-state index is 13.1. The summed E-state index contributed by atoms with van der Waals surface area (Å²) in [5, 5.41) is 0. The van der Waals surface area contributed by atoms with Crippen LogP contribution in [0.15, 0.2) is 48.5 Å². The Morgan fingerprint density at radius 3 is 1.62 bits per heavy atom. The summed E-state index contributed by atoms with van der Waals surface area (Å²) in [6.07, 6.45) is 3.31. The van der Waals surface area contributed by atoms with E-state index < -0.39 is 0 Å². The first-order chi connectivity index (χ1) is 14.1. The Hall–Kier alpha value is -2.89. The van der Waals surface area contributed by atoms with Gasteiger partial charge in [-0.1, -0.05) is 0 Å². The van der Waals surface area contributed by atoms with Crippen LogP contribution in [0.1, 0.15) is 40.0 Å². The Labute approximate surface area is 170 Å². The smallest absolute Gasteiger partial charge is 0.253 e. The summed E-state index contributed by atoms with van der Waals surface area (Å²) in [6.45, 7) is 4.29. The summed E-state index contributed by atoms with van der Waals surface area (Å²) in [6, 6.07) is 13.5. The van der Waals surface area contributed by atoms with Crippen LogP contribution in [-0.2, 0) is 0 Å². The molecule has 2 amide bonds. The van der Waals surface area contributed by atoms with E-state index >= 15 is 0 Å². The SMILES string of the molecule is O=C(c1ccc(C(=O)N2CCN(c3ccc(F)cc3)CC2)cc1)N1CCCCC1. The average molecular weight is 395 g/mol. The molecule has 2 fully saturated rings. The van der Waals surface area contributed by atoms with Crippen molar-refractivity contribution in [3.63, 3.8) is 0 Å². The molecule has 0 spiro atoms. The molecule has 0 radical (unpaired) electrons. The number of halogens is 1. The summed E-state index contributed by atoms with van der Waals surface area (Å²) >= 11 is 0. The molecule has 2 aliphatic rings. The van der Waals surface area contributed by atoms with Crippen molar-refractivity contribution in [2.45, 2.75) is 19.3 Å². The zero-order valence-corrected chi connectivity index (χ0v) is 16.5. The molecule has 0 bridgehead atoms. The highest BCUT2D eigenvalue weighted by molar-refractivity contribution is 5.98. The molecule has 2 aliphatic heterocycles. The molecule has 4 rings (SSSR count). The zero-order chi connectivity index (χ0) is 20.2. The monoisotopic (exact) mass is 395 g/mol. The molecule has 29 heavy (non-hydrogen) atoms. The number of anilines is 1. The van der Waals surface area contributed by atoms with E-state index in [1.165, 1.54) is 18.6 Å². The molecular weight excluding hydrogens is 369 g/mol. The molecule has 2 saturated heterocycles. The van der Waals surface area contributed by atoms with E-state index in [0.717, 1.165) is 31.6 Å². The molecule has 0 unspecified atom stereocenters. The Morgan fingerprint density at radius 1 is 0.621 bits per heavy atom. The Bertz CT molecular complexity index is 853. The number of rotatable bonds is 3. The van der Waals surface area contributed by atoms with Crippen LogP contribution in [0.5, 0.6) is 0 Å². The van der Waals surface area contributed by atoms with E-state index in [1.807, 2.05) is 9.80 Å². The quantitative estimate of drug-likeness (QED) is 0.800. The number of benzene rings is 2. The van der Waals surface area contributed by atoms with Gasteiger partial charge in [-0.25, -0.2) is 4.39 Å². The maximum atomic E-state index is 13.1. The fourth-order valence-electron chi connectivity index (χ4n) is 4.04. The van der Waals surface area contributed by atoms with Gasteiger partial charge in [0.05, 0.1) is 0 Å². The van der Waals surface area contributed by atoms with Gasteiger partial charge in [0.1, 0.15) is 5.82 Å². The van der Waals surface area contributed by atoms with E-state index in [4.69, 9.17) is 0 Å². The van der Waals surface area contributed by atoms with Crippen molar-refractivity contribution >= 4 is 17.5 Å². The first-order valence-corrected chi connectivity index (χ1v) is 10.3. The normalized spacial score (nSPS) is 17.3. The Morgan fingerprint density at radius 2 is 1.10 bits per heavy atom. The second-order valence-corrected chi connectivity index (χ2v) is 7.69. The maximum Gasteiger partial charge on any atom is 0.253 e. The number of nitrogens with zero attached hydrogens (tertiary/aromatic N) is 3. The molecule has 2 aromatic rings. The fourth-order valence-corrected chi connectivity index (χ4v) is 4.04.